The Hall–Kier alpha value is -1.08. The van der Waals surface area contributed by atoms with Gasteiger partial charge in [-0.2, -0.15) is 0 Å². The largest absolute Gasteiger partial charge is 0.310 e. The summed E-state index contributed by atoms with van der Waals surface area (Å²) in [5.41, 5.74) is 4.40. The summed E-state index contributed by atoms with van der Waals surface area (Å²) < 4.78 is 0. The van der Waals surface area contributed by atoms with Crippen LogP contribution in [-0.4, -0.2) is 6.54 Å². The molecule has 1 aromatic carbocycles. The van der Waals surface area contributed by atoms with Crippen molar-refractivity contribution in [3.8, 4) is 0 Å². The van der Waals surface area contributed by atoms with Crippen LogP contribution >= 0.6 is 0 Å². The van der Waals surface area contributed by atoms with Gasteiger partial charge in [-0.05, 0) is 43.9 Å². The molecule has 0 aromatic heterocycles. The standard InChI is InChI=1S/C14H19N/c1-3-4-9-15-14-8-7-12-6-5-11(2)10-13(12)14/h3,5-6,10,14-15H,1,4,7-9H2,2H3. The molecule has 0 aliphatic heterocycles. The average molecular weight is 201 g/mol. The topological polar surface area (TPSA) is 12.0 Å². The van der Waals surface area contributed by atoms with E-state index in [1.165, 1.54) is 29.5 Å². The fourth-order valence-electron chi connectivity index (χ4n) is 2.29. The minimum absolute atomic E-state index is 0.569. The zero-order chi connectivity index (χ0) is 10.7. The summed E-state index contributed by atoms with van der Waals surface area (Å²) in [6.45, 7) is 6.95. The summed E-state index contributed by atoms with van der Waals surface area (Å²) >= 11 is 0. The Kier molecular flexibility index (Phi) is 3.22. The van der Waals surface area contributed by atoms with Crippen molar-refractivity contribution in [2.75, 3.05) is 6.54 Å². The van der Waals surface area contributed by atoms with Crippen molar-refractivity contribution in [3.63, 3.8) is 0 Å². The molecular weight excluding hydrogens is 182 g/mol. The van der Waals surface area contributed by atoms with E-state index in [9.17, 15) is 0 Å². The predicted molar refractivity (Wildman–Crippen MR) is 65.1 cm³/mol. The molecule has 0 radical (unpaired) electrons. The maximum absolute atomic E-state index is 3.74. The first-order chi connectivity index (χ1) is 7.31. The van der Waals surface area contributed by atoms with Gasteiger partial charge >= 0.3 is 0 Å². The van der Waals surface area contributed by atoms with Gasteiger partial charge in [0.15, 0.2) is 0 Å². The third-order valence-corrected chi connectivity index (χ3v) is 3.12. The Morgan fingerprint density at radius 2 is 2.40 bits per heavy atom. The Morgan fingerprint density at radius 3 is 3.20 bits per heavy atom. The Bertz CT molecular complexity index is 354. The Morgan fingerprint density at radius 1 is 1.53 bits per heavy atom. The lowest BCUT2D eigenvalue weighted by molar-refractivity contribution is 0.537. The molecule has 0 amide bonds. The molecule has 0 fully saturated rings. The normalized spacial score (nSPS) is 18.9. The second-order valence-electron chi connectivity index (χ2n) is 4.33. The van der Waals surface area contributed by atoms with Crippen molar-refractivity contribution < 1.29 is 0 Å². The van der Waals surface area contributed by atoms with Crippen LogP contribution < -0.4 is 5.32 Å². The quantitative estimate of drug-likeness (QED) is 0.583. The van der Waals surface area contributed by atoms with Crippen molar-refractivity contribution in [1.82, 2.24) is 5.32 Å². The third-order valence-electron chi connectivity index (χ3n) is 3.12. The van der Waals surface area contributed by atoms with E-state index in [0.717, 1.165) is 13.0 Å². The number of nitrogens with one attached hydrogen (secondary N) is 1. The van der Waals surface area contributed by atoms with Gasteiger partial charge in [-0.3, -0.25) is 0 Å². The highest BCUT2D eigenvalue weighted by molar-refractivity contribution is 5.37. The fraction of sp³-hybridized carbons (Fsp3) is 0.429. The maximum atomic E-state index is 3.74. The van der Waals surface area contributed by atoms with Gasteiger partial charge < -0.3 is 5.32 Å². The van der Waals surface area contributed by atoms with Crippen molar-refractivity contribution in [2.45, 2.75) is 32.2 Å². The smallest absolute Gasteiger partial charge is 0.0326 e. The number of hydrogen-bond acceptors (Lipinski definition) is 1. The van der Waals surface area contributed by atoms with Gasteiger partial charge in [-0.1, -0.05) is 29.8 Å². The van der Waals surface area contributed by atoms with Crippen molar-refractivity contribution >= 4 is 0 Å². The Labute approximate surface area is 92.2 Å². The molecule has 0 heterocycles. The summed E-state index contributed by atoms with van der Waals surface area (Å²) in [5.74, 6) is 0. The van der Waals surface area contributed by atoms with E-state index in [4.69, 9.17) is 0 Å². The predicted octanol–water partition coefficient (Wildman–Crippen LogP) is 3.15. The monoisotopic (exact) mass is 201 g/mol. The minimum Gasteiger partial charge on any atom is -0.310 e. The van der Waals surface area contributed by atoms with Crippen LogP contribution in [0.2, 0.25) is 0 Å². The molecule has 15 heavy (non-hydrogen) atoms. The van der Waals surface area contributed by atoms with Gasteiger partial charge in [-0.25, -0.2) is 0 Å². The molecule has 1 aromatic rings. The van der Waals surface area contributed by atoms with E-state index in [-0.39, 0.29) is 0 Å². The van der Waals surface area contributed by atoms with Crippen LogP contribution in [0.4, 0.5) is 0 Å². The van der Waals surface area contributed by atoms with Crippen LogP contribution in [0.1, 0.15) is 35.6 Å². The number of rotatable bonds is 4. The summed E-state index contributed by atoms with van der Waals surface area (Å²) in [7, 11) is 0. The zero-order valence-corrected chi connectivity index (χ0v) is 9.42. The SMILES string of the molecule is C=CCCNC1CCc2ccc(C)cc21. The molecule has 1 aliphatic rings. The fourth-order valence-corrected chi connectivity index (χ4v) is 2.29. The summed E-state index contributed by atoms with van der Waals surface area (Å²) in [6.07, 6.45) is 5.49. The van der Waals surface area contributed by atoms with E-state index in [1.54, 1.807) is 0 Å². The van der Waals surface area contributed by atoms with Crippen LogP contribution in [0.5, 0.6) is 0 Å². The van der Waals surface area contributed by atoms with Crippen LogP contribution in [0.3, 0.4) is 0 Å². The first-order valence-corrected chi connectivity index (χ1v) is 5.75. The first kappa shape index (κ1) is 10.4. The van der Waals surface area contributed by atoms with Gasteiger partial charge in [0.25, 0.3) is 0 Å². The number of benzene rings is 1. The zero-order valence-electron chi connectivity index (χ0n) is 9.42. The summed E-state index contributed by atoms with van der Waals surface area (Å²) in [4.78, 5) is 0. The molecule has 0 saturated carbocycles. The van der Waals surface area contributed by atoms with E-state index < -0.39 is 0 Å². The lowest BCUT2D eigenvalue weighted by Gasteiger charge is -2.13. The number of fused-ring (bicyclic) bond motifs is 1. The molecule has 0 bridgehead atoms. The first-order valence-electron chi connectivity index (χ1n) is 5.75. The molecule has 2 rings (SSSR count). The van der Waals surface area contributed by atoms with Crippen LogP contribution in [0, 0.1) is 6.92 Å². The van der Waals surface area contributed by atoms with Gasteiger partial charge in [0, 0.05) is 6.04 Å². The van der Waals surface area contributed by atoms with Gasteiger partial charge in [0.2, 0.25) is 0 Å². The molecule has 1 heteroatoms. The second-order valence-corrected chi connectivity index (χ2v) is 4.33. The molecule has 0 spiro atoms. The van der Waals surface area contributed by atoms with Gasteiger partial charge in [0.05, 0.1) is 0 Å². The number of hydrogen-bond donors (Lipinski definition) is 1. The highest BCUT2D eigenvalue weighted by Crippen LogP contribution is 2.31. The van der Waals surface area contributed by atoms with E-state index in [1.807, 2.05) is 6.08 Å². The molecule has 1 aliphatic carbocycles. The summed E-state index contributed by atoms with van der Waals surface area (Å²) in [5, 5.41) is 3.59. The van der Waals surface area contributed by atoms with E-state index in [0.29, 0.717) is 6.04 Å². The lowest BCUT2D eigenvalue weighted by atomic mass is 10.1. The second kappa shape index (κ2) is 4.63. The van der Waals surface area contributed by atoms with Crippen LogP contribution in [0.25, 0.3) is 0 Å². The Balaban J connectivity index is 2.06. The average Bonchev–Trinajstić information content (AvgIpc) is 2.62. The maximum Gasteiger partial charge on any atom is 0.0326 e. The van der Waals surface area contributed by atoms with Crippen molar-refractivity contribution in [2.24, 2.45) is 0 Å². The molecule has 0 saturated heterocycles. The van der Waals surface area contributed by atoms with Gasteiger partial charge in [0.1, 0.15) is 0 Å². The van der Waals surface area contributed by atoms with Gasteiger partial charge in [-0.15, -0.1) is 6.58 Å². The van der Waals surface area contributed by atoms with E-state index >= 15 is 0 Å². The van der Waals surface area contributed by atoms with Crippen molar-refractivity contribution in [3.05, 3.63) is 47.5 Å². The molecule has 1 nitrogen and oxygen atoms in total. The van der Waals surface area contributed by atoms with Crippen LogP contribution in [0.15, 0.2) is 30.9 Å². The van der Waals surface area contributed by atoms with Crippen molar-refractivity contribution in [1.29, 1.82) is 0 Å². The molecule has 80 valence electrons. The highest BCUT2D eigenvalue weighted by atomic mass is 14.9. The minimum atomic E-state index is 0.569. The molecular formula is C14H19N. The number of aryl methyl sites for hydroxylation is 2. The van der Waals surface area contributed by atoms with E-state index in [2.05, 4.69) is 37.0 Å². The lowest BCUT2D eigenvalue weighted by Crippen LogP contribution is -2.19. The highest BCUT2D eigenvalue weighted by Gasteiger charge is 2.21. The molecule has 1 N–H and O–H groups in total. The third kappa shape index (κ3) is 2.29. The summed E-state index contributed by atoms with van der Waals surface area (Å²) in [6, 6.07) is 7.39. The molecule has 1 unspecified atom stereocenters. The molecule has 1 atom stereocenters. The van der Waals surface area contributed by atoms with Crippen LogP contribution in [-0.2, 0) is 6.42 Å².